The molecule has 31 heteroatoms. The molecule has 8 rings (SSSR count). The van der Waals surface area contributed by atoms with Crippen LogP contribution in [-0.2, 0) is 39.7 Å². The number of phenols is 1. The first-order valence-corrected chi connectivity index (χ1v) is 24.3. The first kappa shape index (κ1) is 48.8. The van der Waals surface area contributed by atoms with Crippen molar-refractivity contribution in [2.45, 2.75) is 19.6 Å². The van der Waals surface area contributed by atoms with Crippen molar-refractivity contribution in [1.29, 1.82) is 0 Å². The highest BCUT2D eigenvalue weighted by molar-refractivity contribution is 7.94. The lowest BCUT2D eigenvalue weighted by Crippen LogP contribution is -2.08. The van der Waals surface area contributed by atoms with Crippen molar-refractivity contribution in [3.05, 3.63) is 119 Å². The van der Waals surface area contributed by atoms with E-state index < -0.39 is 79.1 Å². The van der Waals surface area contributed by atoms with Crippen LogP contribution in [-0.4, -0.2) is 69.2 Å². The molecule has 70 heavy (non-hydrogen) atoms. The van der Waals surface area contributed by atoms with E-state index in [2.05, 4.69) is 55.4 Å². The number of hydrogen-bond donors (Lipinski definition) is 8. The molecule has 26 nitrogen and oxygen atoms in total. The molecular weight excluding hydrogens is 1030 g/mol. The lowest BCUT2D eigenvalue weighted by molar-refractivity contribution is -0.432. The Morgan fingerprint density at radius 1 is 0.686 bits per heavy atom. The van der Waals surface area contributed by atoms with Crippen molar-refractivity contribution >= 4 is 144 Å². The number of nitro groups is 1. The van der Waals surface area contributed by atoms with Gasteiger partial charge in [0.2, 0.25) is 17.2 Å². The second kappa shape index (κ2) is 19.1. The first-order valence-electron chi connectivity index (χ1n) is 18.9. The SMILES string of the molecule is Nc1ccc(Nc2nc(Cl)nc(Nc3cc4c(O)c(N=Nc5ccc(N=Nc6ccc7c(S(=O)(=O)O)cccc7c6)c6ccc(S(=O)(=O)O)cc56)c(SOOO)cc4cc3S(=O)(=O)O)n2)cc1[N+](=O)[O-]. The number of benzene rings is 7. The molecule has 1 heterocycles. The number of nitrogens with one attached hydrogen (secondary N) is 2. The Hall–Kier alpha value is -7.62. The molecular formula is C39H26ClN11O15S4. The quantitative estimate of drug-likeness (QED) is 0.00900. The van der Waals surface area contributed by atoms with Gasteiger partial charge >= 0.3 is 0 Å². The van der Waals surface area contributed by atoms with Crippen molar-refractivity contribution in [1.82, 2.24) is 15.0 Å². The van der Waals surface area contributed by atoms with Gasteiger partial charge < -0.3 is 21.5 Å². The Kier molecular flexibility index (Phi) is 13.3. The highest BCUT2D eigenvalue weighted by Gasteiger charge is 2.24. The van der Waals surface area contributed by atoms with Crippen molar-refractivity contribution < 1.29 is 63.6 Å². The van der Waals surface area contributed by atoms with Gasteiger partial charge in [0.1, 0.15) is 21.2 Å². The molecule has 0 spiro atoms. The molecule has 0 fully saturated rings. The number of nitrogen functional groups attached to an aromatic ring is 1. The molecule has 0 aliphatic heterocycles. The molecule has 0 unspecified atom stereocenters. The van der Waals surface area contributed by atoms with E-state index in [0.717, 1.165) is 30.3 Å². The number of phenolic OH excluding ortho intramolecular Hbond substituents is 1. The van der Waals surface area contributed by atoms with E-state index >= 15 is 0 Å². The molecule has 0 amide bonds. The number of nitro benzene ring substituents is 1. The monoisotopic (exact) mass is 1050 g/mol. The number of nitrogens with two attached hydrogens (primary N) is 1. The number of rotatable bonds is 15. The van der Waals surface area contributed by atoms with Crippen LogP contribution in [0.4, 0.5) is 57.4 Å². The fourth-order valence-corrected chi connectivity index (χ4v) is 9.30. The summed E-state index contributed by atoms with van der Waals surface area (Å²) in [5.74, 6) is -1.43. The van der Waals surface area contributed by atoms with Gasteiger partial charge in [-0.1, -0.05) is 29.3 Å². The van der Waals surface area contributed by atoms with Crippen LogP contribution in [0.25, 0.3) is 32.3 Å². The average molecular weight is 1050 g/mol. The highest BCUT2D eigenvalue weighted by atomic mass is 35.5. The van der Waals surface area contributed by atoms with Crippen LogP contribution < -0.4 is 16.4 Å². The summed E-state index contributed by atoms with van der Waals surface area (Å²) in [5, 5.41) is 58.3. The van der Waals surface area contributed by atoms with E-state index in [9.17, 15) is 54.1 Å². The van der Waals surface area contributed by atoms with Crippen LogP contribution in [0.2, 0.25) is 5.28 Å². The van der Waals surface area contributed by atoms with E-state index in [1.165, 1.54) is 66.7 Å². The standard InChI is InChI=1S/C39H26ClN11O15S4/c40-37-44-38(42-20-5-9-27(41)31(15-20)51(53)54)46-39(45-37)43-30-17-25-19(14-34(30)70(62,63)64)13-32(67-66-65-55)35(36(25)52)50-49-29-11-10-28(24-8-6-22(16-26(24)29)68(56,57)58)48-47-21-4-7-23-18(12-21)2-1-3-33(23)69(59,60)61/h1-17,52,55H,41H2,(H,56,57,58)(H,59,60,61)(H,62,63,64)(H2,42,43,44,45,46). The molecule has 9 N–H and O–H groups in total. The molecule has 0 saturated carbocycles. The van der Waals surface area contributed by atoms with Crippen LogP contribution in [0, 0.1) is 10.1 Å². The minimum atomic E-state index is -5.09. The number of aromatic hydroxyl groups is 1. The average Bonchev–Trinajstić information content (AvgIpc) is 3.29. The molecule has 358 valence electrons. The molecule has 1 aromatic heterocycles. The van der Waals surface area contributed by atoms with E-state index in [1.807, 2.05) is 0 Å². The third-order valence-corrected chi connectivity index (χ3v) is 13.2. The van der Waals surface area contributed by atoms with Gasteiger partial charge in [0.05, 0.1) is 49.5 Å². The first-order chi connectivity index (χ1) is 33.1. The predicted molar refractivity (Wildman–Crippen MR) is 251 cm³/mol. The van der Waals surface area contributed by atoms with E-state index in [0.29, 0.717) is 5.39 Å². The molecule has 7 aromatic carbocycles. The van der Waals surface area contributed by atoms with Crippen molar-refractivity contribution in [2.75, 3.05) is 16.4 Å². The Balaban J connectivity index is 1.20. The minimum absolute atomic E-state index is 0.0276. The van der Waals surface area contributed by atoms with Crippen LogP contribution in [0.1, 0.15) is 0 Å². The van der Waals surface area contributed by atoms with Crippen LogP contribution >= 0.6 is 23.6 Å². The lowest BCUT2D eigenvalue weighted by Gasteiger charge is -2.14. The summed E-state index contributed by atoms with van der Waals surface area (Å²) in [5.41, 5.74) is 4.67. The maximum atomic E-state index is 12.8. The van der Waals surface area contributed by atoms with Crippen molar-refractivity contribution in [3.63, 3.8) is 0 Å². The largest absolute Gasteiger partial charge is 0.505 e. The van der Waals surface area contributed by atoms with Gasteiger partial charge in [-0.2, -0.15) is 45.3 Å². The number of azo groups is 2. The van der Waals surface area contributed by atoms with E-state index in [-0.39, 0.29) is 83.2 Å². The van der Waals surface area contributed by atoms with Gasteiger partial charge in [0.15, 0.2) is 5.75 Å². The lowest BCUT2D eigenvalue weighted by atomic mass is 10.1. The fourth-order valence-electron chi connectivity index (χ4n) is 6.76. The normalized spacial score (nSPS) is 12.4. The van der Waals surface area contributed by atoms with E-state index in [4.69, 9.17) is 22.6 Å². The second-order valence-corrected chi connectivity index (χ2v) is 19.5. The topological polar surface area (TPSA) is 403 Å². The summed E-state index contributed by atoms with van der Waals surface area (Å²) >= 11 is 6.41. The Morgan fingerprint density at radius 2 is 1.37 bits per heavy atom. The zero-order chi connectivity index (χ0) is 50.3. The summed E-state index contributed by atoms with van der Waals surface area (Å²) in [6, 6.07) is 21.7. The molecule has 8 aromatic rings. The molecule has 0 aliphatic rings. The maximum Gasteiger partial charge on any atom is 0.296 e. The summed E-state index contributed by atoms with van der Waals surface area (Å²) in [6.45, 7) is 0. The zero-order valence-electron chi connectivity index (χ0n) is 34.3. The summed E-state index contributed by atoms with van der Waals surface area (Å²) < 4.78 is 108. The van der Waals surface area contributed by atoms with Gasteiger partial charge in [-0.15, -0.1) is 19.7 Å². The van der Waals surface area contributed by atoms with Gasteiger partial charge in [-0.25, -0.2) is 5.26 Å². The van der Waals surface area contributed by atoms with Crippen molar-refractivity contribution in [3.8, 4) is 5.75 Å². The molecule has 0 radical (unpaired) electrons. The molecule has 0 aliphatic carbocycles. The van der Waals surface area contributed by atoms with Gasteiger partial charge in [-0.3, -0.25) is 23.8 Å². The predicted octanol–water partition coefficient (Wildman–Crippen LogP) is 9.67. The van der Waals surface area contributed by atoms with Gasteiger partial charge in [0.25, 0.3) is 36.0 Å². The molecule has 0 atom stereocenters. The zero-order valence-corrected chi connectivity index (χ0v) is 38.3. The van der Waals surface area contributed by atoms with Gasteiger partial charge in [0, 0.05) is 33.3 Å². The van der Waals surface area contributed by atoms with Crippen LogP contribution in [0.3, 0.4) is 0 Å². The smallest absolute Gasteiger partial charge is 0.296 e. The Bertz CT molecular complexity index is 3910. The maximum absolute atomic E-state index is 12.8. The summed E-state index contributed by atoms with van der Waals surface area (Å²) in [4.78, 5) is 20.8. The number of hydrogen-bond acceptors (Lipinski definition) is 23. The summed E-state index contributed by atoms with van der Waals surface area (Å²) in [7, 11) is -14.4. The number of anilines is 5. The van der Waals surface area contributed by atoms with Gasteiger partial charge in [-0.05, 0) is 95.2 Å². The van der Waals surface area contributed by atoms with Crippen LogP contribution in [0.15, 0.2) is 143 Å². The number of nitrogens with zero attached hydrogens (tertiary/aromatic N) is 8. The summed E-state index contributed by atoms with van der Waals surface area (Å²) in [6.07, 6.45) is 0. The van der Waals surface area contributed by atoms with E-state index in [1.54, 1.807) is 6.07 Å². The number of aromatic nitrogens is 3. The third-order valence-electron chi connectivity index (χ3n) is 9.79. The Labute approximate surface area is 401 Å². The third kappa shape index (κ3) is 10.5. The van der Waals surface area contributed by atoms with Crippen LogP contribution in [0.5, 0.6) is 5.75 Å². The number of fused-ring (bicyclic) bond motifs is 3. The Morgan fingerprint density at radius 3 is 2.06 bits per heavy atom. The highest BCUT2D eigenvalue weighted by Crippen LogP contribution is 2.47. The van der Waals surface area contributed by atoms with Crippen molar-refractivity contribution in [2.24, 2.45) is 20.5 Å². The molecule has 0 saturated heterocycles. The fraction of sp³-hybridized carbons (Fsp3) is 0. The molecule has 0 bridgehead atoms. The number of halogens is 1. The minimum Gasteiger partial charge on any atom is -0.505 e. The second-order valence-electron chi connectivity index (χ2n) is 14.2.